The molecule has 0 aliphatic carbocycles. The molecule has 7 nitrogen and oxygen atoms in total. The average Bonchev–Trinajstić information content (AvgIpc) is 3.49. The molecule has 2 unspecified atom stereocenters. The molecule has 7 rings (SSSR count). The number of carbonyl (C=O) groups excluding carboxylic acids is 2. The van der Waals surface area contributed by atoms with Crippen LogP contribution in [0.25, 0.3) is 16.6 Å². The summed E-state index contributed by atoms with van der Waals surface area (Å²) in [7, 11) is 0. The van der Waals surface area contributed by atoms with E-state index in [1.54, 1.807) is 22.8 Å². The highest BCUT2D eigenvalue weighted by Gasteiger charge is 2.70. The number of benzene rings is 3. The number of halogens is 1. The van der Waals surface area contributed by atoms with Crippen LogP contribution in [0.4, 0.5) is 10.1 Å². The quantitative estimate of drug-likeness (QED) is 0.431. The number of anilines is 1. The van der Waals surface area contributed by atoms with E-state index >= 15 is 0 Å². The van der Waals surface area contributed by atoms with Crippen LogP contribution in [0, 0.1) is 23.6 Å². The van der Waals surface area contributed by atoms with Gasteiger partial charge in [-0.2, -0.15) is 0 Å². The lowest BCUT2D eigenvalue weighted by molar-refractivity contribution is -0.123. The van der Waals surface area contributed by atoms with Gasteiger partial charge in [-0.3, -0.25) is 24.3 Å². The summed E-state index contributed by atoms with van der Waals surface area (Å²) in [5.41, 5.74) is 0.861. The molecule has 4 aromatic rings. The number of fused-ring (bicyclic) bond motifs is 8. The van der Waals surface area contributed by atoms with Gasteiger partial charge < -0.3 is 0 Å². The second-order valence-corrected chi connectivity index (χ2v) is 10.3. The van der Waals surface area contributed by atoms with Gasteiger partial charge in [0.25, 0.3) is 5.56 Å². The van der Waals surface area contributed by atoms with Crippen molar-refractivity contribution in [1.29, 1.82) is 0 Å². The summed E-state index contributed by atoms with van der Waals surface area (Å²) in [6.07, 6.45) is 0. The minimum atomic E-state index is -1.18. The fourth-order valence-electron chi connectivity index (χ4n) is 6.57. The van der Waals surface area contributed by atoms with Crippen LogP contribution in [0.3, 0.4) is 0 Å². The fraction of sp³-hybridized carbons (Fsp3) is 0.241. The van der Waals surface area contributed by atoms with Crippen molar-refractivity contribution in [2.45, 2.75) is 25.4 Å². The van der Waals surface area contributed by atoms with Crippen molar-refractivity contribution in [3.05, 3.63) is 100 Å². The van der Waals surface area contributed by atoms with Crippen molar-refractivity contribution < 1.29 is 14.0 Å². The predicted octanol–water partition coefficient (Wildman–Crippen LogP) is 3.52. The smallest absolute Gasteiger partial charge is 0.266 e. The zero-order valence-electron chi connectivity index (χ0n) is 20.2. The van der Waals surface area contributed by atoms with Crippen LogP contribution in [0.15, 0.2) is 77.6 Å². The molecule has 1 aromatic heterocycles. The maximum Gasteiger partial charge on any atom is 0.266 e. The highest BCUT2D eigenvalue weighted by atomic mass is 19.1. The van der Waals surface area contributed by atoms with Crippen LogP contribution in [0.1, 0.15) is 25.2 Å². The van der Waals surface area contributed by atoms with Gasteiger partial charge in [0.2, 0.25) is 11.8 Å². The molecule has 3 aliphatic heterocycles. The monoisotopic (exact) mass is 494 g/mol. The van der Waals surface area contributed by atoms with Gasteiger partial charge in [-0.25, -0.2) is 14.3 Å². The molecule has 0 saturated carbocycles. The molecule has 4 heterocycles. The van der Waals surface area contributed by atoms with Gasteiger partial charge in [0.15, 0.2) is 0 Å². The normalized spacial score (nSPS) is 25.8. The molecule has 2 amide bonds. The topological polar surface area (TPSA) is 84.3 Å². The van der Waals surface area contributed by atoms with Gasteiger partial charge in [0.05, 0.1) is 34.1 Å². The molecule has 0 radical (unpaired) electrons. The van der Waals surface area contributed by atoms with Gasteiger partial charge in [-0.05, 0) is 48.4 Å². The Morgan fingerprint density at radius 1 is 0.919 bits per heavy atom. The van der Waals surface area contributed by atoms with E-state index in [1.807, 2.05) is 44.2 Å². The minimum Gasteiger partial charge on any atom is -0.296 e. The van der Waals surface area contributed by atoms with Crippen LogP contribution in [-0.4, -0.2) is 27.4 Å². The third-order valence-electron chi connectivity index (χ3n) is 8.10. The molecular weight excluding hydrogens is 471 g/mol. The number of nitrogens with one attached hydrogen (secondary N) is 1. The zero-order valence-corrected chi connectivity index (χ0v) is 20.2. The van der Waals surface area contributed by atoms with Crippen LogP contribution in [0.5, 0.6) is 0 Å². The maximum absolute atomic E-state index is 14.2. The second-order valence-electron chi connectivity index (χ2n) is 10.3. The molecule has 184 valence electrons. The average molecular weight is 495 g/mol. The third-order valence-corrected chi connectivity index (χ3v) is 8.10. The Kier molecular flexibility index (Phi) is 4.43. The lowest BCUT2D eigenvalue weighted by Crippen LogP contribution is -2.51. The van der Waals surface area contributed by atoms with Crippen molar-refractivity contribution in [3.8, 4) is 5.69 Å². The lowest BCUT2D eigenvalue weighted by Gasteiger charge is -2.32. The van der Waals surface area contributed by atoms with Crippen molar-refractivity contribution in [3.63, 3.8) is 0 Å². The molecule has 1 spiro atoms. The predicted molar refractivity (Wildman–Crippen MR) is 136 cm³/mol. The van der Waals surface area contributed by atoms with E-state index in [9.17, 15) is 18.8 Å². The molecule has 4 atom stereocenters. The summed E-state index contributed by atoms with van der Waals surface area (Å²) in [5, 5.41) is 4.14. The number of para-hydroxylation sites is 2. The molecule has 2 saturated heterocycles. The Morgan fingerprint density at radius 2 is 1.62 bits per heavy atom. The Labute approximate surface area is 211 Å². The van der Waals surface area contributed by atoms with Crippen molar-refractivity contribution in [2.24, 2.45) is 17.8 Å². The highest BCUT2D eigenvalue weighted by Crippen LogP contribution is 2.56. The lowest BCUT2D eigenvalue weighted by atomic mass is 9.75. The number of aromatic nitrogens is 2. The first-order valence-corrected chi connectivity index (χ1v) is 12.4. The van der Waals surface area contributed by atoms with Gasteiger partial charge in [0, 0.05) is 11.6 Å². The van der Waals surface area contributed by atoms with Gasteiger partial charge in [-0.15, -0.1) is 0 Å². The maximum atomic E-state index is 14.2. The molecular formula is C29H23FN4O3. The molecule has 3 aromatic carbocycles. The van der Waals surface area contributed by atoms with E-state index in [4.69, 9.17) is 4.98 Å². The number of hydrogen-bond donors (Lipinski definition) is 1. The Hall–Kier alpha value is -4.17. The molecule has 8 heteroatoms. The van der Waals surface area contributed by atoms with E-state index in [0.29, 0.717) is 28.1 Å². The number of carbonyl (C=O) groups is 2. The number of imide groups is 1. The summed E-state index contributed by atoms with van der Waals surface area (Å²) in [4.78, 5) is 48.1. The summed E-state index contributed by atoms with van der Waals surface area (Å²) in [5.74, 6) is -2.26. The summed E-state index contributed by atoms with van der Waals surface area (Å²) < 4.78 is 15.3. The van der Waals surface area contributed by atoms with E-state index in [2.05, 4.69) is 5.32 Å². The van der Waals surface area contributed by atoms with E-state index in [-0.39, 0.29) is 29.3 Å². The third kappa shape index (κ3) is 2.68. The fourth-order valence-corrected chi connectivity index (χ4v) is 6.57. The number of nitrogens with zero attached hydrogens (tertiary/aromatic N) is 3. The SMILES string of the molecule is CC(C)C1NC2(c3ccccc3-n3c2nc2ccccc2c3=O)[C@H]2C(=O)N(c3ccc(F)cc3)C(=O)[C@@H]12. The number of amides is 2. The highest BCUT2D eigenvalue weighted by molar-refractivity contribution is 6.23. The van der Waals surface area contributed by atoms with Crippen LogP contribution in [-0.2, 0) is 15.1 Å². The molecule has 2 fully saturated rings. The minimum absolute atomic E-state index is 0.00480. The molecule has 3 aliphatic rings. The van der Waals surface area contributed by atoms with Crippen molar-refractivity contribution in [2.75, 3.05) is 4.90 Å². The van der Waals surface area contributed by atoms with E-state index in [1.165, 1.54) is 29.2 Å². The largest absolute Gasteiger partial charge is 0.296 e. The van der Waals surface area contributed by atoms with E-state index in [0.717, 1.165) is 5.56 Å². The van der Waals surface area contributed by atoms with Gasteiger partial charge in [-0.1, -0.05) is 44.2 Å². The van der Waals surface area contributed by atoms with Crippen LogP contribution in [0.2, 0.25) is 0 Å². The first-order chi connectivity index (χ1) is 17.8. The Bertz CT molecular complexity index is 1700. The van der Waals surface area contributed by atoms with Crippen molar-refractivity contribution >= 4 is 28.4 Å². The summed E-state index contributed by atoms with van der Waals surface area (Å²) >= 11 is 0. The second kappa shape index (κ2) is 7.43. The van der Waals surface area contributed by atoms with Crippen molar-refractivity contribution in [1.82, 2.24) is 14.9 Å². The van der Waals surface area contributed by atoms with E-state index < -0.39 is 23.2 Å². The molecule has 0 bridgehead atoms. The molecule has 1 N–H and O–H groups in total. The standard InChI is InChI=1S/C29H23FN4O3/c1-15(2)24-22-23(27(37)33(26(22)36)17-13-11-16(30)12-14-17)29(32-24)19-8-4-6-10-21(19)34-25(35)18-7-3-5-9-20(18)31-28(29)34/h3-15,22-24,32H,1-2H3/t22-,23-,24?,29?/m1/s1. The van der Waals surface area contributed by atoms with Gasteiger partial charge in [0.1, 0.15) is 17.2 Å². The van der Waals surface area contributed by atoms with Gasteiger partial charge >= 0.3 is 0 Å². The zero-order chi connectivity index (χ0) is 25.6. The van der Waals surface area contributed by atoms with Crippen LogP contribution < -0.4 is 15.8 Å². The summed E-state index contributed by atoms with van der Waals surface area (Å²) in [6, 6.07) is 19.6. The number of hydrogen-bond acceptors (Lipinski definition) is 5. The Morgan fingerprint density at radius 3 is 2.38 bits per heavy atom. The first kappa shape index (κ1) is 22.1. The van der Waals surface area contributed by atoms with Crippen LogP contribution >= 0.6 is 0 Å². The Balaban J connectivity index is 1.53. The molecule has 37 heavy (non-hydrogen) atoms. The first-order valence-electron chi connectivity index (χ1n) is 12.4. The summed E-state index contributed by atoms with van der Waals surface area (Å²) in [6.45, 7) is 4.02. The number of rotatable bonds is 2.